The molecular weight excluding hydrogens is 122 g/mol. The van der Waals surface area contributed by atoms with E-state index in [2.05, 4.69) is 30.9 Å². The lowest BCUT2D eigenvalue weighted by atomic mass is 10.1. The number of hydrogen-bond acceptors (Lipinski definition) is 1. The minimum atomic E-state index is 0.426. The SMILES string of the molecule is C=C(C1C=CC=C1)N(C)C. The maximum Gasteiger partial charge on any atom is 0.0349 e. The second-order valence-electron chi connectivity index (χ2n) is 2.68. The zero-order chi connectivity index (χ0) is 7.56. The Bertz CT molecular complexity index is 175. The van der Waals surface area contributed by atoms with Crippen LogP contribution < -0.4 is 0 Å². The third kappa shape index (κ3) is 1.29. The number of nitrogens with zero attached hydrogens (tertiary/aromatic N) is 1. The molecule has 0 heterocycles. The van der Waals surface area contributed by atoms with Gasteiger partial charge in [0.05, 0.1) is 0 Å². The first-order chi connectivity index (χ1) is 4.72. The van der Waals surface area contributed by atoms with Crippen molar-refractivity contribution in [3.05, 3.63) is 36.6 Å². The molecule has 0 radical (unpaired) electrons. The molecule has 0 saturated heterocycles. The fraction of sp³-hybridized carbons (Fsp3) is 0.333. The fourth-order valence-electron chi connectivity index (χ4n) is 0.952. The van der Waals surface area contributed by atoms with Crippen LogP contribution in [-0.2, 0) is 0 Å². The fourth-order valence-corrected chi connectivity index (χ4v) is 0.952. The lowest BCUT2D eigenvalue weighted by Crippen LogP contribution is -2.14. The predicted octanol–water partition coefficient (Wildman–Crippen LogP) is 1.80. The molecule has 0 spiro atoms. The topological polar surface area (TPSA) is 3.24 Å². The van der Waals surface area contributed by atoms with E-state index in [0.29, 0.717) is 5.92 Å². The first-order valence-corrected chi connectivity index (χ1v) is 3.43. The van der Waals surface area contributed by atoms with Crippen LogP contribution in [0.4, 0.5) is 0 Å². The van der Waals surface area contributed by atoms with E-state index in [0.717, 1.165) is 5.70 Å². The third-order valence-corrected chi connectivity index (χ3v) is 1.71. The van der Waals surface area contributed by atoms with Gasteiger partial charge in [-0.1, -0.05) is 30.9 Å². The van der Waals surface area contributed by atoms with E-state index in [9.17, 15) is 0 Å². The molecule has 1 aliphatic carbocycles. The van der Waals surface area contributed by atoms with Gasteiger partial charge in [-0.25, -0.2) is 0 Å². The highest BCUT2D eigenvalue weighted by atomic mass is 15.1. The van der Waals surface area contributed by atoms with Crippen LogP contribution in [0.25, 0.3) is 0 Å². The summed E-state index contributed by atoms with van der Waals surface area (Å²) in [6, 6.07) is 0. The zero-order valence-corrected chi connectivity index (χ0v) is 6.54. The van der Waals surface area contributed by atoms with E-state index < -0.39 is 0 Å². The van der Waals surface area contributed by atoms with Gasteiger partial charge in [-0.2, -0.15) is 0 Å². The quantitative estimate of drug-likeness (QED) is 0.558. The van der Waals surface area contributed by atoms with Gasteiger partial charge in [0.15, 0.2) is 0 Å². The summed E-state index contributed by atoms with van der Waals surface area (Å²) < 4.78 is 0. The molecule has 0 atom stereocenters. The van der Waals surface area contributed by atoms with E-state index in [-0.39, 0.29) is 0 Å². The van der Waals surface area contributed by atoms with Crippen molar-refractivity contribution < 1.29 is 0 Å². The highest BCUT2D eigenvalue weighted by Gasteiger charge is 2.08. The Hall–Kier alpha value is -0.980. The van der Waals surface area contributed by atoms with E-state index in [1.54, 1.807) is 0 Å². The largest absolute Gasteiger partial charge is 0.381 e. The second kappa shape index (κ2) is 2.74. The second-order valence-corrected chi connectivity index (χ2v) is 2.68. The van der Waals surface area contributed by atoms with Crippen LogP contribution in [0.2, 0.25) is 0 Å². The molecule has 0 aromatic carbocycles. The van der Waals surface area contributed by atoms with Crippen molar-refractivity contribution in [2.45, 2.75) is 0 Å². The Kier molecular flexibility index (Phi) is 1.95. The molecule has 0 N–H and O–H groups in total. The number of rotatable bonds is 2. The Morgan fingerprint density at radius 3 is 2.20 bits per heavy atom. The predicted molar refractivity (Wildman–Crippen MR) is 44.6 cm³/mol. The van der Waals surface area contributed by atoms with E-state index in [4.69, 9.17) is 0 Å². The molecule has 54 valence electrons. The Morgan fingerprint density at radius 1 is 1.30 bits per heavy atom. The van der Waals surface area contributed by atoms with E-state index in [1.807, 2.05) is 19.0 Å². The molecule has 0 saturated carbocycles. The molecular formula is C9H13N. The summed E-state index contributed by atoms with van der Waals surface area (Å²) >= 11 is 0. The van der Waals surface area contributed by atoms with Crippen LogP contribution in [0.15, 0.2) is 36.6 Å². The lowest BCUT2D eigenvalue weighted by Gasteiger charge is -2.18. The molecule has 1 heteroatoms. The average Bonchev–Trinajstić information content (AvgIpc) is 2.36. The number of allylic oxidation sites excluding steroid dienone is 3. The molecule has 0 aromatic rings. The van der Waals surface area contributed by atoms with Crippen molar-refractivity contribution in [3.63, 3.8) is 0 Å². The van der Waals surface area contributed by atoms with Crippen LogP contribution in [0.5, 0.6) is 0 Å². The van der Waals surface area contributed by atoms with Crippen molar-refractivity contribution in [1.82, 2.24) is 4.90 Å². The number of hydrogen-bond donors (Lipinski definition) is 0. The van der Waals surface area contributed by atoms with Crippen LogP contribution in [0.1, 0.15) is 0 Å². The summed E-state index contributed by atoms with van der Waals surface area (Å²) in [5, 5.41) is 0. The normalized spacial score (nSPS) is 16.2. The first-order valence-electron chi connectivity index (χ1n) is 3.43. The molecule has 0 fully saturated rings. The van der Waals surface area contributed by atoms with Crippen LogP contribution in [-0.4, -0.2) is 19.0 Å². The van der Waals surface area contributed by atoms with E-state index in [1.165, 1.54) is 0 Å². The van der Waals surface area contributed by atoms with Crippen molar-refractivity contribution in [3.8, 4) is 0 Å². The first kappa shape index (κ1) is 7.13. The van der Waals surface area contributed by atoms with Gasteiger partial charge in [-0.05, 0) is 0 Å². The zero-order valence-electron chi connectivity index (χ0n) is 6.54. The van der Waals surface area contributed by atoms with Gasteiger partial charge in [0.25, 0.3) is 0 Å². The molecule has 0 aromatic heterocycles. The van der Waals surface area contributed by atoms with Gasteiger partial charge >= 0.3 is 0 Å². The van der Waals surface area contributed by atoms with Gasteiger partial charge < -0.3 is 4.90 Å². The monoisotopic (exact) mass is 135 g/mol. The van der Waals surface area contributed by atoms with Gasteiger partial charge in [0.1, 0.15) is 0 Å². The maximum absolute atomic E-state index is 3.96. The standard InChI is InChI=1S/C9H13N/c1-8(10(2)3)9-6-4-5-7-9/h4-7,9H,1H2,2-3H3. The van der Waals surface area contributed by atoms with Gasteiger partial charge in [-0.3, -0.25) is 0 Å². The summed E-state index contributed by atoms with van der Waals surface area (Å²) in [5.74, 6) is 0.426. The molecule has 0 unspecified atom stereocenters. The molecule has 0 aliphatic heterocycles. The van der Waals surface area contributed by atoms with Crippen LogP contribution in [0.3, 0.4) is 0 Å². The molecule has 1 aliphatic rings. The summed E-state index contributed by atoms with van der Waals surface area (Å²) in [5.41, 5.74) is 1.14. The summed E-state index contributed by atoms with van der Waals surface area (Å²) in [7, 11) is 4.03. The summed E-state index contributed by atoms with van der Waals surface area (Å²) in [6.45, 7) is 3.96. The molecule has 0 amide bonds. The van der Waals surface area contributed by atoms with Crippen molar-refractivity contribution in [2.24, 2.45) is 5.92 Å². The van der Waals surface area contributed by atoms with Gasteiger partial charge in [-0.15, -0.1) is 0 Å². The van der Waals surface area contributed by atoms with Crippen molar-refractivity contribution in [2.75, 3.05) is 14.1 Å². The molecule has 1 nitrogen and oxygen atoms in total. The highest BCUT2D eigenvalue weighted by molar-refractivity contribution is 5.26. The Labute approximate surface area is 62.3 Å². The van der Waals surface area contributed by atoms with Crippen LogP contribution in [0, 0.1) is 5.92 Å². The van der Waals surface area contributed by atoms with E-state index >= 15 is 0 Å². The van der Waals surface area contributed by atoms with Crippen LogP contribution >= 0.6 is 0 Å². The minimum absolute atomic E-state index is 0.426. The Morgan fingerprint density at radius 2 is 1.80 bits per heavy atom. The van der Waals surface area contributed by atoms with Crippen molar-refractivity contribution >= 4 is 0 Å². The smallest absolute Gasteiger partial charge is 0.0349 e. The average molecular weight is 135 g/mol. The molecule has 1 rings (SSSR count). The molecule has 0 bridgehead atoms. The highest BCUT2D eigenvalue weighted by Crippen LogP contribution is 2.18. The van der Waals surface area contributed by atoms with Gasteiger partial charge in [0, 0.05) is 25.7 Å². The van der Waals surface area contributed by atoms with Gasteiger partial charge in [0.2, 0.25) is 0 Å². The van der Waals surface area contributed by atoms with Crippen molar-refractivity contribution in [1.29, 1.82) is 0 Å². The summed E-state index contributed by atoms with van der Waals surface area (Å²) in [4.78, 5) is 2.05. The third-order valence-electron chi connectivity index (χ3n) is 1.71. The maximum atomic E-state index is 3.96. The summed E-state index contributed by atoms with van der Waals surface area (Å²) in [6.07, 6.45) is 8.39. The molecule has 10 heavy (non-hydrogen) atoms. The minimum Gasteiger partial charge on any atom is -0.381 e. The Balaban J connectivity index is 2.58. The lowest BCUT2D eigenvalue weighted by molar-refractivity contribution is 0.480.